The van der Waals surface area contributed by atoms with Crippen LogP contribution in [-0.2, 0) is 13.2 Å². The number of rotatable bonds is 6. The molecule has 162 valence electrons. The van der Waals surface area contributed by atoms with Crippen molar-refractivity contribution in [3.63, 3.8) is 0 Å². The Morgan fingerprint density at radius 1 is 1.16 bits per heavy atom. The number of hydrogen-bond donors (Lipinski definition) is 1. The van der Waals surface area contributed by atoms with Crippen molar-refractivity contribution in [1.82, 2.24) is 10.5 Å². The van der Waals surface area contributed by atoms with Crippen LogP contribution in [0.5, 0.6) is 17.2 Å². The van der Waals surface area contributed by atoms with Gasteiger partial charge in [-0.1, -0.05) is 16.8 Å². The average Bonchev–Trinajstić information content (AvgIpc) is 2.94. The number of benzene rings is 2. The molecule has 8 heteroatoms. The summed E-state index contributed by atoms with van der Waals surface area (Å²) in [4.78, 5) is 12.5. The van der Waals surface area contributed by atoms with Gasteiger partial charge in [0.05, 0.1) is 29.5 Å². The Labute approximate surface area is 185 Å². The van der Waals surface area contributed by atoms with Crippen molar-refractivity contribution in [2.24, 2.45) is 0 Å². The fourth-order valence-corrected chi connectivity index (χ4v) is 3.52. The highest BCUT2D eigenvalue weighted by Gasteiger charge is 2.16. The van der Waals surface area contributed by atoms with Gasteiger partial charge in [0.15, 0.2) is 11.5 Å². The molecule has 1 aromatic heterocycles. The second-order valence-corrected chi connectivity index (χ2v) is 7.66. The van der Waals surface area contributed by atoms with E-state index in [9.17, 15) is 4.79 Å². The summed E-state index contributed by atoms with van der Waals surface area (Å²) in [5.41, 5.74) is 3.10. The standard InChI is InChI=1S/C23H23ClN2O5/c1-14-19(15(2)31-26-14)13-30-18-6-4-17(5-7-18)23(27)25-12-16-10-20(24)22-21(11-16)28-8-3-9-29-22/h4-7,10-11H,3,8-9,12-13H2,1-2H3,(H,25,27). The summed E-state index contributed by atoms with van der Waals surface area (Å²) in [5, 5.41) is 7.29. The number of carbonyl (C=O) groups excluding carboxylic acids is 1. The quantitative estimate of drug-likeness (QED) is 0.600. The monoisotopic (exact) mass is 442 g/mol. The van der Waals surface area contributed by atoms with E-state index in [1.54, 1.807) is 30.3 Å². The number of nitrogens with one attached hydrogen (secondary N) is 1. The lowest BCUT2D eigenvalue weighted by atomic mass is 10.1. The summed E-state index contributed by atoms with van der Waals surface area (Å²) in [6, 6.07) is 10.6. The zero-order valence-electron chi connectivity index (χ0n) is 17.4. The molecule has 0 saturated carbocycles. The zero-order chi connectivity index (χ0) is 21.8. The third-order valence-corrected chi connectivity index (χ3v) is 5.28. The van der Waals surface area contributed by atoms with Crippen molar-refractivity contribution in [3.05, 3.63) is 69.6 Å². The van der Waals surface area contributed by atoms with Gasteiger partial charge in [0, 0.05) is 18.5 Å². The number of halogens is 1. The molecule has 7 nitrogen and oxygen atoms in total. The smallest absolute Gasteiger partial charge is 0.251 e. The SMILES string of the molecule is Cc1noc(C)c1COc1ccc(C(=O)NCc2cc(Cl)c3c(c2)OCCCO3)cc1. The minimum absolute atomic E-state index is 0.194. The topological polar surface area (TPSA) is 82.8 Å². The van der Waals surface area contributed by atoms with E-state index in [1.165, 1.54) is 0 Å². The molecule has 1 aliphatic rings. The highest BCUT2D eigenvalue weighted by molar-refractivity contribution is 6.32. The molecular weight excluding hydrogens is 420 g/mol. The lowest BCUT2D eigenvalue weighted by Crippen LogP contribution is -2.22. The van der Waals surface area contributed by atoms with E-state index >= 15 is 0 Å². The van der Waals surface area contributed by atoms with Crippen LogP contribution in [0.25, 0.3) is 0 Å². The molecule has 1 amide bonds. The number of ether oxygens (including phenoxy) is 3. The minimum Gasteiger partial charge on any atom is -0.489 e. The zero-order valence-corrected chi connectivity index (χ0v) is 18.1. The van der Waals surface area contributed by atoms with E-state index in [0.29, 0.717) is 54.2 Å². The summed E-state index contributed by atoms with van der Waals surface area (Å²) >= 11 is 6.31. The first-order chi connectivity index (χ1) is 15.0. The van der Waals surface area contributed by atoms with Gasteiger partial charge in [-0.15, -0.1) is 0 Å². The molecule has 0 bridgehead atoms. The lowest BCUT2D eigenvalue weighted by molar-refractivity contribution is 0.0951. The van der Waals surface area contributed by atoms with E-state index in [1.807, 2.05) is 19.9 Å². The second-order valence-electron chi connectivity index (χ2n) is 7.25. The van der Waals surface area contributed by atoms with Gasteiger partial charge >= 0.3 is 0 Å². The Balaban J connectivity index is 1.35. The summed E-state index contributed by atoms with van der Waals surface area (Å²) in [7, 11) is 0. The van der Waals surface area contributed by atoms with E-state index in [-0.39, 0.29) is 5.91 Å². The van der Waals surface area contributed by atoms with Crippen molar-refractivity contribution >= 4 is 17.5 Å². The molecule has 2 aromatic carbocycles. The minimum atomic E-state index is -0.194. The van der Waals surface area contributed by atoms with Gasteiger partial charge in [-0.05, 0) is 55.8 Å². The van der Waals surface area contributed by atoms with Crippen LogP contribution in [-0.4, -0.2) is 24.3 Å². The Bertz CT molecular complexity index is 1060. The first-order valence-electron chi connectivity index (χ1n) is 10.0. The van der Waals surface area contributed by atoms with Gasteiger partial charge in [-0.25, -0.2) is 0 Å². The first kappa shape index (κ1) is 21.1. The third kappa shape index (κ3) is 4.94. The van der Waals surface area contributed by atoms with Crippen molar-refractivity contribution in [1.29, 1.82) is 0 Å². The van der Waals surface area contributed by atoms with Gasteiger partial charge in [0.1, 0.15) is 18.1 Å². The van der Waals surface area contributed by atoms with Crippen molar-refractivity contribution in [2.45, 2.75) is 33.4 Å². The van der Waals surface area contributed by atoms with E-state index in [4.69, 9.17) is 30.3 Å². The molecule has 0 saturated heterocycles. The number of hydrogen-bond acceptors (Lipinski definition) is 6. The van der Waals surface area contributed by atoms with Crippen LogP contribution in [0.2, 0.25) is 5.02 Å². The predicted molar refractivity (Wildman–Crippen MR) is 115 cm³/mol. The van der Waals surface area contributed by atoms with E-state index < -0.39 is 0 Å². The van der Waals surface area contributed by atoms with Crippen molar-refractivity contribution in [3.8, 4) is 17.2 Å². The van der Waals surface area contributed by atoms with Gasteiger partial charge in [-0.2, -0.15) is 0 Å². The molecule has 0 atom stereocenters. The molecular formula is C23H23ClN2O5. The molecule has 0 unspecified atom stereocenters. The fraction of sp³-hybridized carbons (Fsp3) is 0.304. The molecule has 4 rings (SSSR count). The van der Waals surface area contributed by atoms with Crippen LogP contribution in [0, 0.1) is 13.8 Å². The summed E-state index contributed by atoms with van der Waals surface area (Å²) in [6.07, 6.45) is 0.801. The molecule has 0 spiro atoms. The largest absolute Gasteiger partial charge is 0.489 e. The van der Waals surface area contributed by atoms with Gasteiger partial charge in [0.2, 0.25) is 0 Å². The molecule has 31 heavy (non-hydrogen) atoms. The molecule has 0 fully saturated rings. The summed E-state index contributed by atoms with van der Waals surface area (Å²) in [6.45, 7) is 5.54. The van der Waals surface area contributed by atoms with E-state index in [2.05, 4.69) is 10.5 Å². The lowest BCUT2D eigenvalue weighted by Gasteiger charge is -2.12. The molecule has 2 heterocycles. The van der Waals surface area contributed by atoms with Crippen molar-refractivity contribution in [2.75, 3.05) is 13.2 Å². The maximum absolute atomic E-state index is 12.5. The number of aromatic nitrogens is 1. The fourth-order valence-electron chi connectivity index (χ4n) is 3.24. The highest BCUT2D eigenvalue weighted by atomic mass is 35.5. The molecule has 0 aliphatic carbocycles. The maximum Gasteiger partial charge on any atom is 0.251 e. The van der Waals surface area contributed by atoms with Gasteiger partial charge < -0.3 is 24.1 Å². The third-order valence-electron chi connectivity index (χ3n) is 5.00. The Hall–Kier alpha value is -3.19. The van der Waals surface area contributed by atoms with Gasteiger partial charge in [0.25, 0.3) is 5.91 Å². The van der Waals surface area contributed by atoms with Crippen molar-refractivity contribution < 1.29 is 23.5 Å². The normalized spacial score (nSPS) is 12.9. The second kappa shape index (κ2) is 9.31. The molecule has 1 N–H and O–H groups in total. The highest BCUT2D eigenvalue weighted by Crippen LogP contribution is 2.38. The van der Waals surface area contributed by atoms with Crippen LogP contribution >= 0.6 is 11.6 Å². The molecule has 1 aliphatic heterocycles. The van der Waals surface area contributed by atoms with Crippen LogP contribution in [0.1, 0.15) is 39.4 Å². The van der Waals surface area contributed by atoms with Crippen LogP contribution in [0.15, 0.2) is 40.9 Å². The Morgan fingerprint density at radius 3 is 2.68 bits per heavy atom. The first-order valence-corrected chi connectivity index (χ1v) is 10.4. The number of aryl methyl sites for hydroxylation is 2. The molecule has 3 aromatic rings. The number of carbonyl (C=O) groups is 1. The van der Waals surface area contributed by atoms with Gasteiger partial charge in [-0.3, -0.25) is 4.79 Å². The van der Waals surface area contributed by atoms with Crippen LogP contribution in [0.4, 0.5) is 0 Å². The number of amides is 1. The molecule has 0 radical (unpaired) electrons. The summed E-state index contributed by atoms with van der Waals surface area (Å²) in [5.74, 6) is 2.37. The Kier molecular flexibility index (Phi) is 6.32. The van der Waals surface area contributed by atoms with Crippen LogP contribution in [0.3, 0.4) is 0 Å². The van der Waals surface area contributed by atoms with E-state index in [0.717, 1.165) is 29.0 Å². The predicted octanol–water partition coefficient (Wildman–Crippen LogP) is 4.62. The summed E-state index contributed by atoms with van der Waals surface area (Å²) < 4.78 is 22.2. The Morgan fingerprint density at radius 2 is 1.94 bits per heavy atom. The maximum atomic E-state index is 12.5. The van der Waals surface area contributed by atoms with Crippen LogP contribution < -0.4 is 19.5 Å². The number of nitrogens with zero attached hydrogens (tertiary/aromatic N) is 1. The average molecular weight is 443 g/mol. The number of fused-ring (bicyclic) bond motifs is 1.